The maximum Gasteiger partial charge on any atom is 0.161 e. The zero-order valence-corrected chi connectivity index (χ0v) is 11.9. The number of halogens is 1. The second kappa shape index (κ2) is 5.22. The lowest BCUT2D eigenvalue weighted by molar-refractivity contribution is -0.0685. The Hall–Kier alpha value is -0.930. The van der Waals surface area contributed by atoms with E-state index < -0.39 is 0 Å². The summed E-state index contributed by atoms with van der Waals surface area (Å²) >= 11 is 6.28. The summed E-state index contributed by atoms with van der Waals surface area (Å²) < 4.78 is 17.4. The van der Waals surface area contributed by atoms with Gasteiger partial charge in [0.05, 0.1) is 18.8 Å². The van der Waals surface area contributed by atoms with Crippen molar-refractivity contribution in [2.24, 2.45) is 0 Å². The van der Waals surface area contributed by atoms with Gasteiger partial charge in [-0.1, -0.05) is 6.07 Å². The Bertz CT molecular complexity index is 463. The average Bonchev–Trinajstić information content (AvgIpc) is 2.62. The van der Waals surface area contributed by atoms with Crippen LogP contribution in [-0.4, -0.2) is 25.2 Å². The van der Waals surface area contributed by atoms with E-state index in [9.17, 15) is 0 Å². The third-order valence-corrected chi connectivity index (χ3v) is 4.19. The molecule has 0 amide bonds. The second-order valence-corrected chi connectivity index (χ2v) is 6.00. The molecule has 0 aromatic heterocycles. The van der Waals surface area contributed by atoms with Crippen LogP contribution in [0.1, 0.15) is 31.7 Å². The number of hydrogen-bond acceptors (Lipinski definition) is 3. The molecule has 104 valence electrons. The number of ether oxygens (including phenoxy) is 3. The molecule has 3 rings (SSSR count). The summed E-state index contributed by atoms with van der Waals surface area (Å²) in [6, 6.07) is 6.07. The van der Waals surface area contributed by atoms with Crippen molar-refractivity contribution in [1.29, 1.82) is 0 Å². The number of fused-ring (bicyclic) bond motifs is 1. The molecule has 0 radical (unpaired) electrons. The topological polar surface area (TPSA) is 27.7 Å². The third kappa shape index (κ3) is 2.67. The molecular formula is C15H19ClO3. The minimum Gasteiger partial charge on any atom is -0.490 e. The van der Waals surface area contributed by atoms with Crippen LogP contribution in [0.5, 0.6) is 11.5 Å². The number of rotatable bonds is 1. The predicted octanol–water partition coefficient (Wildman–Crippen LogP) is 3.48. The first-order valence-electron chi connectivity index (χ1n) is 6.85. The maximum absolute atomic E-state index is 6.28. The van der Waals surface area contributed by atoms with Crippen LogP contribution >= 0.6 is 11.6 Å². The van der Waals surface area contributed by atoms with Gasteiger partial charge in [-0.25, -0.2) is 0 Å². The lowest BCUT2D eigenvalue weighted by atomic mass is 9.88. The molecular weight excluding hydrogens is 264 g/mol. The van der Waals surface area contributed by atoms with Gasteiger partial charge < -0.3 is 14.2 Å². The van der Waals surface area contributed by atoms with Gasteiger partial charge in [-0.15, -0.1) is 11.6 Å². The molecule has 1 aromatic carbocycles. The van der Waals surface area contributed by atoms with Gasteiger partial charge in [0.1, 0.15) is 0 Å². The quantitative estimate of drug-likeness (QED) is 0.738. The van der Waals surface area contributed by atoms with E-state index in [1.54, 1.807) is 0 Å². The molecule has 0 saturated carbocycles. The van der Waals surface area contributed by atoms with E-state index in [2.05, 4.69) is 13.0 Å². The lowest BCUT2D eigenvalue weighted by Gasteiger charge is -2.36. The smallest absolute Gasteiger partial charge is 0.161 e. The predicted molar refractivity (Wildman–Crippen MR) is 74.2 cm³/mol. The molecule has 1 aromatic rings. The summed E-state index contributed by atoms with van der Waals surface area (Å²) in [4.78, 5) is 0. The Morgan fingerprint density at radius 2 is 1.95 bits per heavy atom. The molecule has 2 aliphatic rings. The molecule has 1 fully saturated rings. The highest BCUT2D eigenvalue weighted by Crippen LogP contribution is 2.40. The highest BCUT2D eigenvalue weighted by molar-refractivity contribution is 6.20. The molecule has 3 nitrogen and oxygen atoms in total. The van der Waals surface area contributed by atoms with E-state index >= 15 is 0 Å². The van der Waals surface area contributed by atoms with E-state index in [4.69, 9.17) is 25.8 Å². The molecule has 0 N–H and O–H groups in total. The maximum atomic E-state index is 6.28. The SMILES string of the molecule is CC1(c2ccc3c(c2)OCCCO3)CC(Cl)CCO1. The van der Waals surface area contributed by atoms with Gasteiger partial charge in [0, 0.05) is 18.4 Å². The highest BCUT2D eigenvalue weighted by atomic mass is 35.5. The minimum atomic E-state index is -0.324. The summed E-state index contributed by atoms with van der Waals surface area (Å²) in [7, 11) is 0. The second-order valence-electron chi connectivity index (χ2n) is 5.38. The largest absolute Gasteiger partial charge is 0.490 e. The number of hydrogen-bond donors (Lipinski definition) is 0. The molecule has 2 heterocycles. The molecule has 2 unspecified atom stereocenters. The van der Waals surface area contributed by atoms with Crippen LogP contribution in [0.4, 0.5) is 0 Å². The van der Waals surface area contributed by atoms with Crippen LogP contribution in [0.15, 0.2) is 18.2 Å². The normalized spacial score (nSPS) is 30.7. The zero-order chi connectivity index (χ0) is 13.3. The van der Waals surface area contributed by atoms with Crippen molar-refractivity contribution in [2.45, 2.75) is 37.2 Å². The number of benzene rings is 1. The first-order chi connectivity index (χ1) is 9.17. The van der Waals surface area contributed by atoms with E-state index in [0.717, 1.165) is 36.3 Å². The molecule has 1 saturated heterocycles. The van der Waals surface area contributed by atoms with Crippen LogP contribution in [0, 0.1) is 0 Å². The Morgan fingerprint density at radius 1 is 1.16 bits per heavy atom. The van der Waals surface area contributed by atoms with Crippen molar-refractivity contribution in [3.05, 3.63) is 23.8 Å². The molecule has 0 aliphatic carbocycles. The molecule has 2 aliphatic heterocycles. The van der Waals surface area contributed by atoms with Crippen molar-refractivity contribution in [1.82, 2.24) is 0 Å². The Labute approximate surface area is 118 Å². The average molecular weight is 283 g/mol. The van der Waals surface area contributed by atoms with Gasteiger partial charge >= 0.3 is 0 Å². The van der Waals surface area contributed by atoms with Crippen LogP contribution in [0.2, 0.25) is 0 Å². The fourth-order valence-electron chi connectivity index (χ4n) is 2.69. The monoisotopic (exact) mass is 282 g/mol. The summed E-state index contributed by atoms with van der Waals surface area (Å²) in [6.45, 7) is 4.22. The standard InChI is InChI=1S/C15H19ClO3/c1-15(10-12(16)5-8-19-15)11-3-4-13-14(9-11)18-7-2-6-17-13/h3-4,9,12H,2,5-8,10H2,1H3. The van der Waals surface area contributed by atoms with Crippen LogP contribution in [0.3, 0.4) is 0 Å². The van der Waals surface area contributed by atoms with Crippen molar-refractivity contribution in [2.75, 3.05) is 19.8 Å². The van der Waals surface area contributed by atoms with Gasteiger partial charge in [-0.3, -0.25) is 0 Å². The molecule has 19 heavy (non-hydrogen) atoms. The summed E-state index contributed by atoms with van der Waals surface area (Å²) in [5.41, 5.74) is 0.789. The van der Waals surface area contributed by atoms with Gasteiger partial charge in [-0.2, -0.15) is 0 Å². The molecule has 2 atom stereocenters. The van der Waals surface area contributed by atoms with Crippen LogP contribution in [0.25, 0.3) is 0 Å². The Morgan fingerprint density at radius 3 is 2.74 bits per heavy atom. The fraction of sp³-hybridized carbons (Fsp3) is 0.600. The third-order valence-electron chi connectivity index (χ3n) is 3.82. The first kappa shape index (κ1) is 13.1. The van der Waals surface area contributed by atoms with Crippen molar-refractivity contribution in [3.63, 3.8) is 0 Å². The Balaban J connectivity index is 1.90. The summed E-state index contributed by atoms with van der Waals surface area (Å²) in [5.74, 6) is 1.64. The van der Waals surface area contributed by atoms with Gasteiger partial charge in [0.25, 0.3) is 0 Å². The highest BCUT2D eigenvalue weighted by Gasteiger charge is 2.34. The van der Waals surface area contributed by atoms with Gasteiger partial charge in [0.15, 0.2) is 11.5 Å². The summed E-state index contributed by atoms with van der Waals surface area (Å²) in [6.07, 6.45) is 2.66. The van der Waals surface area contributed by atoms with E-state index in [1.165, 1.54) is 0 Å². The fourth-order valence-corrected chi connectivity index (χ4v) is 3.07. The van der Waals surface area contributed by atoms with Crippen molar-refractivity contribution in [3.8, 4) is 11.5 Å². The zero-order valence-electron chi connectivity index (χ0n) is 11.2. The Kier molecular flexibility index (Phi) is 3.59. The van der Waals surface area contributed by atoms with E-state index in [-0.39, 0.29) is 11.0 Å². The van der Waals surface area contributed by atoms with E-state index in [1.807, 2.05) is 12.1 Å². The van der Waals surface area contributed by atoms with Gasteiger partial charge in [-0.05, 0) is 37.5 Å². The molecule has 4 heteroatoms. The molecule has 0 spiro atoms. The first-order valence-corrected chi connectivity index (χ1v) is 7.29. The minimum absolute atomic E-state index is 0.176. The lowest BCUT2D eigenvalue weighted by Crippen LogP contribution is -2.35. The van der Waals surface area contributed by atoms with Crippen molar-refractivity contribution >= 4 is 11.6 Å². The van der Waals surface area contributed by atoms with E-state index in [0.29, 0.717) is 19.8 Å². The van der Waals surface area contributed by atoms with Crippen molar-refractivity contribution < 1.29 is 14.2 Å². The molecule has 0 bridgehead atoms. The van der Waals surface area contributed by atoms with Gasteiger partial charge in [0.2, 0.25) is 0 Å². The van der Waals surface area contributed by atoms with Crippen LogP contribution < -0.4 is 9.47 Å². The number of alkyl halides is 1. The van der Waals surface area contributed by atoms with Crippen LogP contribution in [-0.2, 0) is 10.3 Å². The summed E-state index contributed by atoms with van der Waals surface area (Å²) in [5, 5.41) is 0.176.